The third-order valence-electron chi connectivity index (χ3n) is 4.33. The standard InChI is InChI=1S/C17H22FN5O.ClH/c1-23(2)15(11-4-3-5-12(18)8-11)10-20-17(24)16-13-9-19-7-6-14(13)21-22-16;/h3-5,8,15,19H,6-7,9-10H2,1-2H3,(H,20,24)(H,21,22);1H. The molecular weight excluding hydrogens is 345 g/mol. The van der Waals surface area contributed by atoms with Crippen LogP contribution in [0.3, 0.4) is 0 Å². The van der Waals surface area contributed by atoms with Crippen LogP contribution in [0.4, 0.5) is 4.39 Å². The topological polar surface area (TPSA) is 73.0 Å². The molecule has 0 spiro atoms. The summed E-state index contributed by atoms with van der Waals surface area (Å²) >= 11 is 0. The van der Waals surface area contributed by atoms with E-state index in [1.165, 1.54) is 12.1 Å². The second-order valence-electron chi connectivity index (χ2n) is 6.20. The second kappa shape index (κ2) is 8.42. The van der Waals surface area contributed by atoms with Crippen LogP contribution in [-0.2, 0) is 13.0 Å². The Morgan fingerprint density at radius 1 is 1.44 bits per heavy atom. The van der Waals surface area contributed by atoms with Gasteiger partial charge in [-0.1, -0.05) is 12.1 Å². The number of nitrogens with one attached hydrogen (secondary N) is 3. The number of rotatable bonds is 5. The van der Waals surface area contributed by atoms with Gasteiger partial charge in [-0.25, -0.2) is 4.39 Å². The molecule has 0 radical (unpaired) electrons. The Balaban J connectivity index is 0.00000225. The molecule has 2 aromatic rings. The van der Waals surface area contributed by atoms with Crippen LogP contribution in [0.1, 0.15) is 33.4 Å². The average molecular weight is 368 g/mol. The Morgan fingerprint density at radius 2 is 2.24 bits per heavy atom. The summed E-state index contributed by atoms with van der Waals surface area (Å²) < 4.78 is 13.5. The van der Waals surface area contributed by atoms with Crippen LogP contribution in [0.25, 0.3) is 0 Å². The van der Waals surface area contributed by atoms with Crippen molar-refractivity contribution in [3.05, 3.63) is 52.6 Å². The summed E-state index contributed by atoms with van der Waals surface area (Å²) in [6, 6.07) is 6.34. The van der Waals surface area contributed by atoms with Gasteiger partial charge in [-0.05, 0) is 31.8 Å². The minimum atomic E-state index is -0.280. The summed E-state index contributed by atoms with van der Waals surface area (Å²) in [4.78, 5) is 14.4. The predicted octanol–water partition coefficient (Wildman–Crippen LogP) is 1.65. The number of amides is 1. The smallest absolute Gasteiger partial charge is 0.272 e. The Hall–Kier alpha value is -1.96. The highest BCUT2D eigenvalue weighted by molar-refractivity contribution is 5.94. The van der Waals surface area contributed by atoms with E-state index in [2.05, 4.69) is 20.8 Å². The molecule has 0 saturated heterocycles. The second-order valence-corrected chi connectivity index (χ2v) is 6.20. The van der Waals surface area contributed by atoms with Gasteiger partial charge in [0.15, 0.2) is 5.69 Å². The lowest BCUT2D eigenvalue weighted by molar-refractivity contribution is 0.0935. The van der Waals surface area contributed by atoms with E-state index < -0.39 is 0 Å². The molecule has 0 saturated carbocycles. The Bertz CT molecular complexity index is 734. The zero-order chi connectivity index (χ0) is 17.1. The number of aromatic amines is 1. The maximum absolute atomic E-state index is 13.5. The van der Waals surface area contributed by atoms with Gasteiger partial charge < -0.3 is 15.5 Å². The number of carbonyl (C=O) groups excluding carboxylic acids is 1. The molecule has 0 bridgehead atoms. The Morgan fingerprint density at radius 3 is 2.96 bits per heavy atom. The number of nitrogens with zero attached hydrogens (tertiary/aromatic N) is 2. The molecule has 1 aliphatic heterocycles. The van der Waals surface area contributed by atoms with Crippen LogP contribution in [0.2, 0.25) is 0 Å². The molecule has 136 valence electrons. The maximum Gasteiger partial charge on any atom is 0.272 e. The summed E-state index contributed by atoms with van der Waals surface area (Å²) in [7, 11) is 3.81. The van der Waals surface area contributed by atoms with Crippen LogP contribution in [0, 0.1) is 5.82 Å². The first-order valence-corrected chi connectivity index (χ1v) is 8.03. The lowest BCUT2D eigenvalue weighted by Gasteiger charge is -2.25. The van der Waals surface area contributed by atoms with Crippen LogP contribution >= 0.6 is 12.4 Å². The van der Waals surface area contributed by atoms with Crippen LogP contribution in [0.15, 0.2) is 24.3 Å². The lowest BCUT2D eigenvalue weighted by atomic mass is 10.0. The lowest BCUT2D eigenvalue weighted by Crippen LogP contribution is -2.35. The van der Waals surface area contributed by atoms with Gasteiger partial charge in [0.1, 0.15) is 5.82 Å². The minimum Gasteiger partial charge on any atom is -0.349 e. The van der Waals surface area contributed by atoms with E-state index in [9.17, 15) is 9.18 Å². The first kappa shape index (κ1) is 19.4. The molecule has 25 heavy (non-hydrogen) atoms. The molecule has 3 N–H and O–H groups in total. The van der Waals surface area contributed by atoms with Crippen LogP contribution in [-0.4, -0.2) is 48.2 Å². The Kier molecular flexibility index (Phi) is 6.52. The fourth-order valence-electron chi connectivity index (χ4n) is 3.00. The van der Waals surface area contributed by atoms with E-state index in [1.54, 1.807) is 6.07 Å². The first-order chi connectivity index (χ1) is 11.6. The molecule has 1 atom stereocenters. The zero-order valence-corrected chi connectivity index (χ0v) is 15.1. The number of fused-ring (bicyclic) bond motifs is 1. The molecule has 0 aliphatic carbocycles. The summed E-state index contributed by atoms with van der Waals surface area (Å²) in [5.74, 6) is -0.488. The molecule has 8 heteroatoms. The normalized spacial score (nSPS) is 14.6. The van der Waals surface area contributed by atoms with Crippen molar-refractivity contribution in [2.24, 2.45) is 0 Å². The van der Waals surface area contributed by atoms with Crippen molar-refractivity contribution >= 4 is 18.3 Å². The van der Waals surface area contributed by atoms with Gasteiger partial charge in [0.05, 0.1) is 6.04 Å². The molecule has 1 aromatic carbocycles. The van der Waals surface area contributed by atoms with Gasteiger partial charge in [-0.3, -0.25) is 9.89 Å². The molecule has 0 fully saturated rings. The van der Waals surface area contributed by atoms with Crippen molar-refractivity contribution in [3.63, 3.8) is 0 Å². The largest absolute Gasteiger partial charge is 0.349 e. The highest BCUT2D eigenvalue weighted by Crippen LogP contribution is 2.19. The molecule has 1 aliphatic rings. The van der Waals surface area contributed by atoms with Gasteiger partial charge in [0.25, 0.3) is 5.91 Å². The van der Waals surface area contributed by atoms with Crippen molar-refractivity contribution in [2.45, 2.75) is 19.0 Å². The van der Waals surface area contributed by atoms with Gasteiger partial charge in [-0.2, -0.15) is 5.10 Å². The third-order valence-corrected chi connectivity index (χ3v) is 4.33. The molecule has 1 amide bonds. The molecule has 2 heterocycles. The van der Waals surface area contributed by atoms with Crippen LogP contribution < -0.4 is 10.6 Å². The average Bonchev–Trinajstić information content (AvgIpc) is 2.99. The molecule has 1 unspecified atom stereocenters. The maximum atomic E-state index is 13.5. The molecule has 1 aromatic heterocycles. The van der Waals surface area contributed by atoms with Crippen molar-refractivity contribution in [1.82, 2.24) is 25.7 Å². The molecular formula is C17H23ClFN5O. The SMILES string of the molecule is CN(C)C(CNC(=O)c1n[nH]c2c1CNCC2)c1cccc(F)c1.Cl. The van der Waals surface area contributed by atoms with E-state index in [-0.39, 0.29) is 30.2 Å². The Labute approximate surface area is 152 Å². The zero-order valence-electron chi connectivity index (χ0n) is 14.3. The summed E-state index contributed by atoms with van der Waals surface area (Å²) in [5.41, 5.74) is 3.22. The van der Waals surface area contributed by atoms with Crippen LogP contribution in [0.5, 0.6) is 0 Å². The number of hydrogen-bond acceptors (Lipinski definition) is 4. The minimum absolute atomic E-state index is 0. The first-order valence-electron chi connectivity index (χ1n) is 8.03. The van der Waals surface area contributed by atoms with Gasteiger partial charge >= 0.3 is 0 Å². The predicted molar refractivity (Wildman–Crippen MR) is 96.4 cm³/mol. The number of aromatic nitrogens is 2. The number of H-pyrrole nitrogens is 1. The summed E-state index contributed by atoms with van der Waals surface area (Å²) in [6.45, 7) is 1.92. The number of benzene rings is 1. The summed E-state index contributed by atoms with van der Waals surface area (Å²) in [5, 5.41) is 13.3. The number of hydrogen-bond donors (Lipinski definition) is 3. The molecule has 3 rings (SSSR count). The van der Waals surface area contributed by atoms with Gasteiger partial charge in [0.2, 0.25) is 0 Å². The quantitative estimate of drug-likeness (QED) is 0.751. The van der Waals surface area contributed by atoms with E-state index in [0.717, 1.165) is 29.8 Å². The number of halogens is 2. The van der Waals surface area contributed by atoms with E-state index >= 15 is 0 Å². The van der Waals surface area contributed by atoms with E-state index in [4.69, 9.17) is 0 Å². The van der Waals surface area contributed by atoms with Gasteiger partial charge in [-0.15, -0.1) is 12.4 Å². The van der Waals surface area contributed by atoms with Crippen molar-refractivity contribution < 1.29 is 9.18 Å². The van der Waals surface area contributed by atoms with Crippen molar-refractivity contribution in [1.29, 1.82) is 0 Å². The third kappa shape index (κ3) is 4.36. The monoisotopic (exact) mass is 367 g/mol. The fraction of sp³-hybridized carbons (Fsp3) is 0.412. The van der Waals surface area contributed by atoms with Gasteiger partial charge in [0, 0.05) is 37.3 Å². The highest BCUT2D eigenvalue weighted by atomic mass is 35.5. The van der Waals surface area contributed by atoms with E-state index in [0.29, 0.717) is 18.8 Å². The fourth-order valence-corrected chi connectivity index (χ4v) is 3.00. The number of likely N-dealkylation sites (N-methyl/N-ethyl adjacent to an activating group) is 1. The van der Waals surface area contributed by atoms with Crippen molar-refractivity contribution in [2.75, 3.05) is 27.2 Å². The highest BCUT2D eigenvalue weighted by Gasteiger charge is 2.23. The van der Waals surface area contributed by atoms with E-state index in [1.807, 2.05) is 25.1 Å². The van der Waals surface area contributed by atoms with Crippen molar-refractivity contribution in [3.8, 4) is 0 Å². The summed E-state index contributed by atoms with van der Waals surface area (Å²) in [6.07, 6.45) is 0.846. The number of carbonyl (C=O) groups is 1. The molecule has 6 nitrogen and oxygen atoms in total.